The van der Waals surface area contributed by atoms with Gasteiger partial charge in [0.25, 0.3) is 0 Å². The van der Waals surface area contributed by atoms with E-state index < -0.39 is 0 Å². The molecule has 3 aromatic heterocycles. The van der Waals surface area contributed by atoms with E-state index in [0.29, 0.717) is 6.54 Å². The molecule has 0 aliphatic heterocycles. The van der Waals surface area contributed by atoms with Crippen molar-refractivity contribution in [1.82, 2.24) is 13.7 Å². The Morgan fingerprint density at radius 3 is 1.05 bits per heavy atom. The summed E-state index contributed by atoms with van der Waals surface area (Å²) in [7, 11) is 0. The van der Waals surface area contributed by atoms with Crippen LogP contribution in [-0.2, 0) is 0 Å². The van der Waals surface area contributed by atoms with Crippen molar-refractivity contribution < 1.29 is 0 Å². The third kappa shape index (κ3) is 5.37. The summed E-state index contributed by atoms with van der Waals surface area (Å²) in [5.41, 5.74) is 12.9. The molecule has 0 aliphatic rings. The highest BCUT2D eigenvalue weighted by molar-refractivity contribution is 6.11. The molecule has 4 heteroatoms. The Bertz CT molecular complexity index is 3050. The molecule has 3 heterocycles. The Morgan fingerprint density at radius 2 is 0.707 bits per heavy atom. The number of aromatic nitrogens is 3. The van der Waals surface area contributed by atoms with Crippen molar-refractivity contribution in [3.05, 3.63) is 212 Å². The molecular weight excluding hydrogens is 705 g/mol. The zero-order valence-corrected chi connectivity index (χ0v) is 32.2. The molecular formula is C54H40N4. The van der Waals surface area contributed by atoms with Gasteiger partial charge in [-0.3, -0.25) is 0 Å². The number of hydrogen-bond donors (Lipinski definition) is 0. The van der Waals surface area contributed by atoms with Gasteiger partial charge in [0.2, 0.25) is 0 Å². The first-order chi connectivity index (χ1) is 28.8. The number of fused-ring (bicyclic) bond motifs is 9. The van der Waals surface area contributed by atoms with Gasteiger partial charge in [-0.2, -0.15) is 0 Å². The van der Waals surface area contributed by atoms with E-state index in [1.165, 1.54) is 65.4 Å². The van der Waals surface area contributed by atoms with E-state index in [2.05, 4.69) is 238 Å². The fourth-order valence-electron chi connectivity index (χ4n) is 9.10. The Labute approximate surface area is 337 Å². The predicted molar refractivity (Wildman–Crippen MR) is 247 cm³/mol. The second-order valence-electron chi connectivity index (χ2n) is 14.9. The quantitative estimate of drug-likeness (QED) is 0.142. The van der Waals surface area contributed by atoms with Crippen LogP contribution in [0, 0.1) is 0 Å². The van der Waals surface area contributed by atoms with Gasteiger partial charge in [0.05, 0.1) is 33.1 Å². The normalized spacial score (nSPS) is 12.3. The summed E-state index contributed by atoms with van der Waals surface area (Å²) < 4.78 is 7.14. The lowest BCUT2D eigenvalue weighted by atomic mass is 10.2. The smallest absolute Gasteiger partial charge is 0.0541 e. The average Bonchev–Trinajstić information content (AvgIpc) is 3.93. The Hall–Kier alpha value is -7.56. The van der Waals surface area contributed by atoms with Crippen molar-refractivity contribution in [3.8, 4) is 11.4 Å². The summed E-state index contributed by atoms with van der Waals surface area (Å²) in [6, 6.07) is 70.2. The molecule has 276 valence electrons. The third-order valence-electron chi connectivity index (χ3n) is 11.7. The fourth-order valence-corrected chi connectivity index (χ4v) is 9.10. The molecule has 0 aliphatic carbocycles. The monoisotopic (exact) mass is 744 g/mol. The van der Waals surface area contributed by atoms with Crippen LogP contribution in [0.4, 0.5) is 11.4 Å². The first-order valence-corrected chi connectivity index (χ1v) is 20.0. The minimum absolute atomic E-state index is 0.679. The highest BCUT2D eigenvalue weighted by Gasteiger charge is 2.16. The molecule has 4 nitrogen and oxygen atoms in total. The van der Waals surface area contributed by atoms with E-state index in [1.54, 1.807) is 0 Å². The number of nitrogens with zero attached hydrogens (tertiary/aromatic N) is 4. The largest absolute Gasteiger partial charge is 0.338 e. The van der Waals surface area contributed by atoms with Crippen LogP contribution < -0.4 is 4.90 Å². The second-order valence-corrected chi connectivity index (χ2v) is 14.9. The summed E-state index contributed by atoms with van der Waals surface area (Å²) in [5, 5.41) is 7.58. The summed E-state index contributed by atoms with van der Waals surface area (Å²) in [5.74, 6) is 0. The maximum absolute atomic E-state index is 2.40. The fraction of sp³-hybridized carbons (Fsp3) is 0.0370. The van der Waals surface area contributed by atoms with Crippen molar-refractivity contribution in [1.29, 1.82) is 0 Å². The second kappa shape index (κ2) is 13.9. The molecule has 0 saturated heterocycles. The van der Waals surface area contributed by atoms with E-state index >= 15 is 0 Å². The SMILES string of the molecule is C/C=C(\C=C/CN(c1ccc(-n2c3ccccc3c3ccccc32)cc1)c1ccc(-n2c3ccccc3c3ccccc32)cc1)n1c2ccccc2c2ccccc21. The molecule has 8 aromatic carbocycles. The van der Waals surface area contributed by atoms with E-state index in [1.807, 2.05) is 0 Å². The molecule has 0 radical (unpaired) electrons. The van der Waals surface area contributed by atoms with Gasteiger partial charge in [0.15, 0.2) is 0 Å². The maximum atomic E-state index is 2.40. The zero-order chi connectivity index (χ0) is 38.6. The summed E-state index contributed by atoms with van der Waals surface area (Å²) in [6.07, 6.45) is 6.77. The first kappa shape index (κ1) is 33.8. The van der Waals surface area contributed by atoms with E-state index in [4.69, 9.17) is 0 Å². The van der Waals surface area contributed by atoms with Crippen molar-refractivity contribution in [3.63, 3.8) is 0 Å². The minimum atomic E-state index is 0.679. The van der Waals surface area contributed by atoms with Crippen LogP contribution in [0.2, 0.25) is 0 Å². The van der Waals surface area contributed by atoms with Crippen molar-refractivity contribution in [2.75, 3.05) is 11.4 Å². The van der Waals surface area contributed by atoms with Gasteiger partial charge in [0.1, 0.15) is 0 Å². The van der Waals surface area contributed by atoms with Crippen LogP contribution in [0.1, 0.15) is 6.92 Å². The molecule has 0 N–H and O–H groups in total. The standard InChI is InChI=1S/C54H40N4/c1-2-38(56-49-23-9-3-17-43(49)44-18-4-10-24-50(44)56)16-15-37-55(39-29-33-41(34-30-39)57-51-25-11-5-19-45(51)46-20-6-12-26-52(46)57)40-31-35-42(36-32-40)58-53-27-13-7-21-47(53)48-22-8-14-28-54(48)58/h2-36H,37H2,1H3/b16-15-,38-2+. The van der Waals surface area contributed by atoms with Crippen LogP contribution in [0.3, 0.4) is 0 Å². The third-order valence-corrected chi connectivity index (χ3v) is 11.7. The Kier molecular flexibility index (Phi) is 8.07. The number of benzene rings is 8. The van der Waals surface area contributed by atoms with Gasteiger partial charge in [-0.25, -0.2) is 0 Å². The average molecular weight is 745 g/mol. The van der Waals surface area contributed by atoms with Crippen LogP contribution in [0.25, 0.3) is 82.5 Å². The number of allylic oxidation sites excluding steroid dienone is 3. The van der Waals surface area contributed by atoms with E-state index in [-0.39, 0.29) is 0 Å². The molecule has 0 spiro atoms. The van der Waals surface area contributed by atoms with E-state index in [9.17, 15) is 0 Å². The van der Waals surface area contributed by atoms with E-state index in [0.717, 1.165) is 28.4 Å². The number of rotatable bonds is 8. The minimum Gasteiger partial charge on any atom is -0.338 e. The number of hydrogen-bond acceptors (Lipinski definition) is 1. The van der Waals surface area contributed by atoms with Crippen LogP contribution >= 0.6 is 0 Å². The van der Waals surface area contributed by atoms with Crippen LogP contribution in [0.15, 0.2) is 212 Å². The summed E-state index contributed by atoms with van der Waals surface area (Å²) in [6.45, 7) is 2.81. The molecule has 0 amide bonds. The number of anilines is 2. The lowest BCUT2D eigenvalue weighted by Crippen LogP contribution is -2.17. The van der Waals surface area contributed by atoms with Gasteiger partial charge in [-0.15, -0.1) is 0 Å². The maximum Gasteiger partial charge on any atom is 0.0541 e. The Balaban J connectivity index is 0.998. The van der Waals surface area contributed by atoms with Gasteiger partial charge in [-0.05, 0) is 97.9 Å². The van der Waals surface area contributed by atoms with Crippen molar-refractivity contribution in [2.45, 2.75) is 6.92 Å². The first-order valence-electron chi connectivity index (χ1n) is 20.0. The Morgan fingerprint density at radius 1 is 0.397 bits per heavy atom. The predicted octanol–water partition coefficient (Wildman–Crippen LogP) is 14.2. The lowest BCUT2D eigenvalue weighted by Gasteiger charge is -2.25. The number of para-hydroxylation sites is 6. The molecule has 0 fully saturated rings. The lowest BCUT2D eigenvalue weighted by molar-refractivity contribution is 1.08. The van der Waals surface area contributed by atoms with Gasteiger partial charge >= 0.3 is 0 Å². The molecule has 11 rings (SSSR count). The molecule has 0 saturated carbocycles. The van der Waals surface area contributed by atoms with Gasteiger partial charge < -0.3 is 18.6 Å². The molecule has 0 atom stereocenters. The highest BCUT2D eigenvalue weighted by atomic mass is 15.1. The molecule has 58 heavy (non-hydrogen) atoms. The van der Waals surface area contributed by atoms with Crippen LogP contribution in [0.5, 0.6) is 0 Å². The summed E-state index contributed by atoms with van der Waals surface area (Å²) in [4.78, 5) is 2.40. The zero-order valence-electron chi connectivity index (χ0n) is 32.2. The van der Waals surface area contributed by atoms with Crippen molar-refractivity contribution >= 4 is 82.5 Å². The molecule has 0 bridgehead atoms. The van der Waals surface area contributed by atoms with Gasteiger partial charge in [-0.1, -0.05) is 121 Å². The molecule has 11 aromatic rings. The molecule has 0 unspecified atom stereocenters. The van der Waals surface area contributed by atoms with Crippen molar-refractivity contribution in [2.24, 2.45) is 0 Å². The van der Waals surface area contributed by atoms with Gasteiger partial charge in [0, 0.05) is 67.3 Å². The van der Waals surface area contributed by atoms with Crippen LogP contribution in [-0.4, -0.2) is 20.2 Å². The topological polar surface area (TPSA) is 18.0 Å². The highest BCUT2D eigenvalue weighted by Crippen LogP contribution is 2.36. The summed E-state index contributed by atoms with van der Waals surface area (Å²) >= 11 is 0.